The molecule has 0 amide bonds. The van der Waals surface area contributed by atoms with Gasteiger partial charge in [-0.05, 0) is 39.9 Å². The Hall–Kier alpha value is -0.120. The normalized spacial score (nSPS) is 15.9. The molecule has 0 aromatic rings. The molecule has 0 aromatic heterocycles. The second-order valence-electron chi connectivity index (χ2n) is 4.23. The second kappa shape index (κ2) is 8.21. The molecule has 0 radical (unpaired) electrons. The summed E-state index contributed by atoms with van der Waals surface area (Å²) in [5.74, 6) is 0.704. The molecule has 0 aliphatic rings. The second-order valence-corrected chi connectivity index (χ2v) is 4.23. The van der Waals surface area contributed by atoms with Gasteiger partial charge in [-0.15, -0.1) is 0 Å². The van der Waals surface area contributed by atoms with E-state index in [-0.39, 0.29) is 0 Å². The van der Waals surface area contributed by atoms with Crippen molar-refractivity contribution in [2.24, 2.45) is 5.92 Å². The molecule has 0 saturated carbocycles. The van der Waals surface area contributed by atoms with Crippen LogP contribution in [0.2, 0.25) is 0 Å². The van der Waals surface area contributed by atoms with Crippen molar-refractivity contribution in [3.05, 3.63) is 0 Å². The summed E-state index contributed by atoms with van der Waals surface area (Å²) in [5.41, 5.74) is 0. The number of rotatable bonds is 8. The fraction of sp³-hybridized carbons (Fsp3) is 1.00. The van der Waals surface area contributed by atoms with Gasteiger partial charge in [0.15, 0.2) is 0 Å². The van der Waals surface area contributed by atoms with Crippen LogP contribution in [0.5, 0.6) is 0 Å². The predicted octanol–water partition coefficient (Wildman–Crippen LogP) is 1.20. The topological polar surface area (TPSA) is 24.5 Å². The Bertz CT molecular complexity index is 130. The minimum atomic E-state index is 0.606. The standard InChI is InChI=1S/C11H26N2O/c1-10(8-12-3)9-13(4)11(2)6-7-14-5/h10-12H,6-9H2,1-5H3. The lowest BCUT2D eigenvalue weighted by Crippen LogP contribution is -2.36. The van der Waals surface area contributed by atoms with Crippen molar-refractivity contribution in [1.82, 2.24) is 10.2 Å². The van der Waals surface area contributed by atoms with Crippen molar-refractivity contribution in [2.75, 3.05) is 40.9 Å². The third-order valence-electron chi connectivity index (χ3n) is 2.64. The SMILES string of the molecule is CNCC(C)CN(C)C(C)CCOC. The van der Waals surface area contributed by atoms with Gasteiger partial charge in [0.05, 0.1) is 0 Å². The molecule has 0 heterocycles. The number of nitrogens with one attached hydrogen (secondary N) is 1. The first-order valence-corrected chi connectivity index (χ1v) is 5.45. The highest BCUT2D eigenvalue weighted by Crippen LogP contribution is 2.04. The van der Waals surface area contributed by atoms with Crippen LogP contribution in [-0.4, -0.2) is 51.8 Å². The molecule has 0 fully saturated rings. The van der Waals surface area contributed by atoms with Crippen molar-refractivity contribution < 1.29 is 4.74 Å². The molecule has 0 saturated heterocycles. The van der Waals surface area contributed by atoms with Crippen molar-refractivity contribution in [3.63, 3.8) is 0 Å². The van der Waals surface area contributed by atoms with Gasteiger partial charge >= 0.3 is 0 Å². The number of hydrogen-bond acceptors (Lipinski definition) is 3. The van der Waals surface area contributed by atoms with E-state index in [1.807, 2.05) is 7.05 Å². The Morgan fingerprint density at radius 2 is 2.00 bits per heavy atom. The van der Waals surface area contributed by atoms with E-state index in [1.54, 1.807) is 7.11 Å². The average Bonchev–Trinajstić information content (AvgIpc) is 2.14. The van der Waals surface area contributed by atoms with E-state index in [0.717, 1.165) is 26.1 Å². The number of ether oxygens (including phenoxy) is 1. The molecule has 1 N–H and O–H groups in total. The van der Waals surface area contributed by atoms with Crippen molar-refractivity contribution in [2.45, 2.75) is 26.3 Å². The highest BCUT2D eigenvalue weighted by Gasteiger charge is 2.11. The monoisotopic (exact) mass is 202 g/mol. The van der Waals surface area contributed by atoms with Crippen LogP contribution in [0, 0.1) is 5.92 Å². The maximum absolute atomic E-state index is 5.08. The molecule has 0 aliphatic carbocycles. The third-order valence-corrected chi connectivity index (χ3v) is 2.64. The van der Waals surface area contributed by atoms with Gasteiger partial charge in [-0.25, -0.2) is 0 Å². The maximum atomic E-state index is 5.08. The minimum Gasteiger partial charge on any atom is -0.385 e. The Balaban J connectivity index is 3.64. The summed E-state index contributed by atoms with van der Waals surface area (Å²) in [4.78, 5) is 2.40. The zero-order valence-corrected chi connectivity index (χ0v) is 10.3. The smallest absolute Gasteiger partial charge is 0.0477 e. The molecule has 0 aromatic carbocycles. The Kier molecular flexibility index (Phi) is 8.14. The maximum Gasteiger partial charge on any atom is 0.0477 e. The number of nitrogens with zero attached hydrogens (tertiary/aromatic N) is 1. The van der Waals surface area contributed by atoms with Gasteiger partial charge in [0, 0.05) is 26.3 Å². The first-order valence-electron chi connectivity index (χ1n) is 5.45. The van der Waals surface area contributed by atoms with Crippen LogP contribution in [-0.2, 0) is 4.74 Å². The summed E-state index contributed by atoms with van der Waals surface area (Å²) in [6.45, 7) is 7.61. The van der Waals surface area contributed by atoms with Crippen LogP contribution >= 0.6 is 0 Å². The van der Waals surface area contributed by atoms with Gasteiger partial charge in [0.2, 0.25) is 0 Å². The van der Waals surface area contributed by atoms with Crippen LogP contribution < -0.4 is 5.32 Å². The van der Waals surface area contributed by atoms with Crippen molar-refractivity contribution in [3.8, 4) is 0 Å². The summed E-state index contributed by atoms with van der Waals surface area (Å²) in [5, 5.41) is 3.20. The van der Waals surface area contributed by atoms with Gasteiger partial charge in [-0.2, -0.15) is 0 Å². The molecule has 86 valence electrons. The van der Waals surface area contributed by atoms with E-state index in [9.17, 15) is 0 Å². The molecule has 3 heteroatoms. The van der Waals surface area contributed by atoms with Crippen LogP contribution in [0.1, 0.15) is 20.3 Å². The molecule has 3 nitrogen and oxygen atoms in total. The fourth-order valence-corrected chi connectivity index (χ4v) is 1.59. The fourth-order valence-electron chi connectivity index (χ4n) is 1.59. The van der Waals surface area contributed by atoms with E-state index >= 15 is 0 Å². The molecule has 0 spiro atoms. The van der Waals surface area contributed by atoms with Crippen LogP contribution in [0.3, 0.4) is 0 Å². The summed E-state index contributed by atoms with van der Waals surface area (Å²) in [6.07, 6.45) is 1.11. The van der Waals surface area contributed by atoms with E-state index in [1.165, 1.54) is 0 Å². The van der Waals surface area contributed by atoms with Crippen LogP contribution in [0.15, 0.2) is 0 Å². The molecule has 0 aliphatic heterocycles. The molecule has 14 heavy (non-hydrogen) atoms. The van der Waals surface area contributed by atoms with Crippen LogP contribution in [0.4, 0.5) is 0 Å². The lowest BCUT2D eigenvalue weighted by Gasteiger charge is -2.27. The zero-order valence-electron chi connectivity index (χ0n) is 10.3. The average molecular weight is 202 g/mol. The summed E-state index contributed by atoms with van der Waals surface area (Å²) in [7, 11) is 5.95. The van der Waals surface area contributed by atoms with Gasteiger partial charge in [0.25, 0.3) is 0 Å². The van der Waals surface area contributed by atoms with Gasteiger partial charge in [-0.1, -0.05) is 6.92 Å². The summed E-state index contributed by atoms with van der Waals surface area (Å²) < 4.78 is 5.08. The Morgan fingerprint density at radius 3 is 2.50 bits per heavy atom. The molecular weight excluding hydrogens is 176 g/mol. The Morgan fingerprint density at radius 1 is 1.36 bits per heavy atom. The Labute approximate surface area is 88.8 Å². The highest BCUT2D eigenvalue weighted by molar-refractivity contribution is 4.67. The summed E-state index contributed by atoms with van der Waals surface area (Å²) in [6, 6.07) is 0.606. The van der Waals surface area contributed by atoms with Gasteiger partial charge < -0.3 is 15.0 Å². The predicted molar refractivity (Wildman–Crippen MR) is 61.7 cm³/mol. The lowest BCUT2D eigenvalue weighted by molar-refractivity contribution is 0.145. The van der Waals surface area contributed by atoms with Crippen molar-refractivity contribution >= 4 is 0 Å². The first-order chi connectivity index (χ1) is 6.61. The third kappa shape index (κ3) is 6.35. The highest BCUT2D eigenvalue weighted by atomic mass is 16.5. The lowest BCUT2D eigenvalue weighted by atomic mass is 10.1. The van der Waals surface area contributed by atoms with E-state index < -0.39 is 0 Å². The molecule has 0 bridgehead atoms. The number of methoxy groups -OCH3 is 1. The van der Waals surface area contributed by atoms with Gasteiger partial charge in [-0.3, -0.25) is 0 Å². The number of hydrogen-bond donors (Lipinski definition) is 1. The molecule has 0 rings (SSSR count). The van der Waals surface area contributed by atoms with Crippen molar-refractivity contribution in [1.29, 1.82) is 0 Å². The molecule has 2 unspecified atom stereocenters. The largest absolute Gasteiger partial charge is 0.385 e. The van der Waals surface area contributed by atoms with Crippen LogP contribution in [0.25, 0.3) is 0 Å². The van der Waals surface area contributed by atoms with Gasteiger partial charge in [0.1, 0.15) is 0 Å². The zero-order chi connectivity index (χ0) is 11.0. The molecule has 2 atom stereocenters. The molecular formula is C11H26N2O. The van der Waals surface area contributed by atoms with E-state index in [2.05, 4.69) is 31.1 Å². The first kappa shape index (κ1) is 13.9. The van der Waals surface area contributed by atoms with E-state index in [0.29, 0.717) is 12.0 Å². The summed E-state index contributed by atoms with van der Waals surface area (Å²) >= 11 is 0. The van der Waals surface area contributed by atoms with E-state index in [4.69, 9.17) is 4.74 Å². The minimum absolute atomic E-state index is 0.606. The quantitative estimate of drug-likeness (QED) is 0.640.